The van der Waals surface area contributed by atoms with E-state index in [2.05, 4.69) is 31.2 Å². The average Bonchev–Trinajstić information content (AvgIpc) is 2.67. The molecule has 0 heterocycles. The van der Waals surface area contributed by atoms with Gasteiger partial charge >= 0.3 is 6.08 Å². The molecule has 0 amide bonds. The van der Waals surface area contributed by atoms with Gasteiger partial charge in [0.1, 0.15) is 0 Å². The van der Waals surface area contributed by atoms with Crippen LogP contribution < -0.4 is 0 Å². The van der Waals surface area contributed by atoms with E-state index in [1.165, 1.54) is 56.1 Å². The van der Waals surface area contributed by atoms with Crippen LogP contribution in [-0.2, 0) is 6.42 Å². The first-order chi connectivity index (χ1) is 12.6. The Balaban J connectivity index is 1.70. The van der Waals surface area contributed by atoms with Crippen LogP contribution in [-0.4, -0.2) is 0 Å². The fourth-order valence-electron chi connectivity index (χ4n) is 4.08. The van der Waals surface area contributed by atoms with Crippen LogP contribution in [0.25, 0.3) is 0 Å². The monoisotopic (exact) mass is 366 g/mol. The second-order valence-corrected chi connectivity index (χ2v) is 7.77. The molecule has 1 saturated carbocycles. The van der Waals surface area contributed by atoms with Crippen LogP contribution in [0.3, 0.4) is 0 Å². The Labute approximate surface area is 156 Å². The minimum absolute atomic E-state index is 0.384. The van der Waals surface area contributed by atoms with E-state index in [1.807, 2.05) is 0 Å². The molecule has 1 aliphatic rings. The molecule has 0 bridgehead atoms. The molecule has 2 rings (SSSR count). The molecule has 0 aliphatic heterocycles. The molecule has 0 saturated heterocycles. The Morgan fingerprint density at radius 3 is 1.96 bits per heavy atom. The van der Waals surface area contributed by atoms with E-state index in [0.29, 0.717) is 18.8 Å². The van der Waals surface area contributed by atoms with Gasteiger partial charge in [-0.3, -0.25) is 0 Å². The van der Waals surface area contributed by atoms with Crippen molar-refractivity contribution in [1.82, 2.24) is 0 Å². The number of hydrogen-bond acceptors (Lipinski definition) is 0. The largest absolute Gasteiger partial charge is 0.301 e. The molecule has 0 unspecified atom stereocenters. The van der Waals surface area contributed by atoms with Crippen LogP contribution >= 0.6 is 0 Å². The molecule has 1 aromatic carbocycles. The molecule has 0 radical (unpaired) electrons. The Morgan fingerprint density at radius 2 is 1.38 bits per heavy atom. The fraction of sp³-hybridized carbons (Fsp3) is 0.652. The highest BCUT2D eigenvalue weighted by atomic mass is 19.3. The van der Waals surface area contributed by atoms with Gasteiger partial charge in [0.05, 0.1) is 0 Å². The Morgan fingerprint density at radius 1 is 0.808 bits per heavy atom. The molecule has 1 fully saturated rings. The van der Waals surface area contributed by atoms with E-state index in [9.17, 15) is 13.2 Å². The summed E-state index contributed by atoms with van der Waals surface area (Å²) in [6.45, 7) is 2.24. The van der Waals surface area contributed by atoms with Gasteiger partial charge in [0.15, 0.2) is 5.83 Å². The molecule has 1 aliphatic carbocycles. The van der Waals surface area contributed by atoms with Gasteiger partial charge in [-0.2, -0.15) is 8.78 Å². The SMILES string of the molecule is CCCCCCCCCc1ccc(C2CCC(C(F)=C(F)F)CC2)cc1. The number of unbranched alkanes of at least 4 members (excludes halogenated alkanes) is 6. The third-order valence-corrected chi connectivity index (χ3v) is 5.79. The predicted octanol–water partition coefficient (Wildman–Crippen LogP) is 8.33. The maximum atomic E-state index is 13.4. The third kappa shape index (κ3) is 6.81. The van der Waals surface area contributed by atoms with Crippen molar-refractivity contribution in [3.63, 3.8) is 0 Å². The summed E-state index contributed by atoms with van der Waals surface area (Å²) in [5, 5.41) is 0. The lowest BCUT2D eigenvalue weighted by molar-refractivity contribution is 0.281. The van der Waals surface area contributed by atoms with Crippen molar-refractivity contribution in [3.8, 4) is 0 Å². The summed E-state index contributed by atoms with van der Waals surface area (Å²) in [7, 11) is 0. The first-order valence-electron chi connectivity index (χ1n) is 10.4. The Hall–Kier alpha value is -1.25. The van der Waals surface area contributed by atoms with Crippen LogP contribution in [0.2, 0.25) is 0 Å². The highest BCUT2D eigenvalue weighted by molar-refractivity contribution is 5.26. The quantitative estimate of drug-likeness (QED) is 0.365. The van der Waals surface area contributed by atoms with Gasteiger partial charge in [0.2, 0.25) is 0 Å². The molecule has 26 heavy (non-hydrogen) atoms. The van der Waals surface area contributed by atoms with Crippen LogP contribution in [0.5, 0.6) is 0 Å². The molecule has 0 N–H and O–H groups in total. The van der Waals surface area contributed by atoms with Crippen LogP contribution in [0.4, 0.5) is 13.2 Å². The van der Waals surface area contributed by atoms with Gasteiger partial charge in [0, 0.05) is 5.92 Å². The normalized spacial score (nSPS) is 20.2. The summed E-state index contributed by atoms with van der Waals surface area (Å²) in [6.07, 6.45) is 10.9. The topological polar surface area (TPSA) is 0 Å². The fourth-order valence-corrected chi connectivity index (χ4v) is 4.08. The van der Waals surface area contributed by atoms with E-state index in [-0.39, 0.29) is 0 Å². The first-order valence-corrected chi connectivity index (χ1v) is 10.4. The zero-order valence-electron chi connectivity index (χ0n) is 16.1. The number of halogens is 3. The van der Waals surface area contributed by atoms with Crippen molar-refractivity contribution in [2.75, 3.05) is 0 Å². The van der Waals surface area contributed by atoms with Crippen LogP contribution in [0.15, 0.2) is 36.2 Å². The molecule has 146 valence electrons. The van der Waals surface area contributed by atoms with E-state index in [0.717, 1.165) is 19.3 Å². The molecule has 0 nitrogen and oxygen atoms in total. The highest BCUT2D eigenvalue weighted by Crippen LogP contribution is 2.40. The lowest BCUT2D eigenvalue weighted by atomic mass is 9.78. The van der Waals surface area contributed by atoms with Gasteiger partial charge in [-0.05, 0) is 55.6 Å². The molecule has 3 heteroatoms. The summed E-state index contributed by atoms with van der Waals surface area (Å²) in [5.74, 6) is -1.38. The Kier molecular flexibility index (Phi) is 9.28. The van der Waals surface area contributed by atoms with Crippen LogP contribution in [0.1, 0.15) is 94.6 Å². The van der Waals surface area contributed by atoms with Crippen molar-refractivity contribution < 1.29 is 13.2 Å². The number of aryl methyl sites for hydroxylation is 1. The second-order valence-electron chi connectivity index (χ2n) is 7.77. The summed E-state index contributed by atoms with van der Waals surface area (Å²) in [4.78, 5) is 0. The van der Waals surface area contributed by atoms with Crippen molar-refractivity contribution in [2.24, 2.45) is 5.92 Å². The first kappa shape index (κ1) is 21.1. The average molecular weight is 367 g/mol. The highest BCUT2D eigenvalue weighted by Gasteiger charge is 2.27. The van der Waals surface area contributed by atoms with Gasteiger partial charge in [-0.1, -0.05) is 69.7 Å². The second kappa shape index (κ2) is 11.5. The van der Waals surface area contributed by atoms with Gasteiger partial charge in [-0.25, -0.2) is 4.39 Å². The summed E-state index contributed by atoms with van der Waals surface area (Å²) in [5.41, 5.74) is 2.65. The standard InChI is InChI=1S/C23H33F3/c1-2-3-4-5-6-7-8-9-18-10-12-19(13-11-18)20-14-16-21(17-15-20)22(24)23(25)26/h10-13,20-21H,2-9,14-17H2,1H3. The third-order valence-electron chi connectivity index (χ3n) is 5.79. The molecule has 0 aromatic heterocycles. The summed E-state index contributed by atoms with van der Waals surface area (Å²) < 4.78 is 38.1. The zero-order chi connectivity index (χ0) is 18.8. The van der Waals surface area contributed by atoms with Crippen molar-refractivity contribution in [3.05, 3.63) is 47.3 Å². The molecular weight excluding hydrogens is 333 g/mol. The predicted molar refractivity (Wildman–Crippen MR) is 103 cm³/mol. The van der Waals surface area contributed by atoms with Crippen molar-refractivity contribution in [2.45, 2.75) is 89.9 Å². The molecule has 1 aromatic rings. The van der Waals surface area contributed by atoms with Crippen LogP contribution in [0, 0.1) is 5.92 Å². The smallest absolute Gasteiger partial charge is 0.206 e. The minimum atomic E-state index is -2.14. The van der Waals surface area contributed by atoms with Gasteiger partial charge in [0.25, 0.3) is 0 Å². The van der Waals surface area contributed by atoms with E-state index in [1.54, 1.807) is 0 Å². The van der Waals surface area contributed by atoms with Crippen molar-refractivity contribution in [1.29, 1.82) is 0 Å². The minimum Gasteiger partial charge on any atom is -0.206 e. The zero-order valence-corrected chi connectivity index (χ0v) is 16.1. The lowest BCUT2D eigenvalue weighted by Gasteiger charge is -2.27. The lowest BCUT2D eigenvalue weighted by Crippen LogP contribution is -2.14. The maximum Gasteiger partial charge on any atom is 0.301 e. The number of rotatable bonds is 10. The summed E-state index contributed by atoms with van der Waals surface area (Å²) >= 11 is 0. The number of allylic oxidation sites excluding steroid dienone is 1. The molecule has 0 atom stereocenters. The van der Waals surface area contributed by atoms with Gasteiger partial charge < -0.3 is 0 Å². The molecule has 0 spiro atoms. The number of hydrogen-bond donors (Lipinski definition) is 0. The van der Waals surface area contributed by atoms with Crippen molar-refractivity contribution >= 4 is 0 Å². The van der Waals surface area contributed by atoms with E-state index < -0.39 is 17.8 Å². The van der Waals surface area contributed by atoms with Gasteiger partial charge in [-0.15, -0.1) is 0 Å². The number of benzene rings is 1. The maximum absolute atomic E-state index is 13.4. The van der Waals surface area contributed by atoms with E-state index >= 15 is 0 Å². The van der Waals surface area contributed by atoms with E-state index in [4.69, 9.17) is 0 Å². The summed E-state index contributed by atoms with van der Waals surface area (Å²) in [6, 6.07) is 8.79. The Bertz CT molecular complexity index is 535. The molecular formula is C23H33F3.